The summed E-state index contributed by atoms with van der Waals surface area (Å²) in [5, 5.41) is 0.642. The molecule has 2 aromatic rings. The average molecular weight is 262 g/mol. The highest BCUT2D eigenvalue weighted by Crippen LogP contribution is 2.38. The first-order chi connectivity index (χ1) is 9.13. The zero-order chi connectivity index (χ0) is 13.6. The van der Waals surface area contributed by atoms with Gasteiger partial charge in [-0.1, -0.05) is 0 Å². The maximum Gasteiger partial charge on any atom is 0.174 e. The van der Waals surface area contributed by atoms with Gasteiger partial charge in [-0.05, 0) is 45.1 Å². The van der Waals surface area contributed by atoms with Crippen molar-refractivity contribution in [2.75, 3.05) is 21.2 Å². The van der Waals surface area contributed by atoms with Crippen LogP contribution in [0.15, 0.2) is 24.4 Å². The molecule has 1 aromatic carbocycles. The van der Waals surface area contributed by atoms with Gasteiger partial charge in [0.15, 0.2) is 11.6 Å². The number of hydrogen-bond donors (Lipinski definition) is 0. The monoisotopic (exact) mass is 262 g/mol. The number of likely N-dealkylation sites (N-methyl/N-ethyl adjacent to an activating group) is 1. The van der Waals surface area contributed by atoms with Crippen molar-refractivity contribution >= 4 is 10.9 Å². The molecule has 102 valence electrons. The molecule has 4 heteroatoms. The molecule has 19 heavy (non-hydrogen) atoms. The van der Waals surface area contributed by atoms with Crippen molar-refractivity contribution in [3.05, 3.63) is 30.2 Å². The second-order valence-electron chi connectivity index (χ2n) is 5.41. The molecule has 2 atom stereocenters. The first kappa shape index (κ1) is 12.5. The molecule has 0 saturated heterocycles. The summed E-state index contributed by atoms with van der Waals surface area (Å²) >= 11 is 0. The van der Waals surface area contributed by atoms with Crippen LogP contribution in [-0.4, -0.2) is 36.7 Å². The van der Waals surface area contributed by atoms with Gasteiger partial charge < -0.3 is 14.2 Å². The predicted octanol–water partition coefficient (Wildman–Crippen LogP) is 3.05. The first-order valence-corrected chi connectivity index (χ1v) is 6.63. The van der Waals surface area contributed by atoms with E-state index in [1.165, 1.54) is 13.5 Å². The fourth-order valence-corrected chi connectivity index (χ4v) is 3.02. The van der Waals surface area contributed by atoms with E-state index in [1.54, 1.807) is 6.07 Å². The molecule has 0 N–H and O–H groups in total. The molecule has 3 rings (SSSR count). The van der Waals surface area contributed by atoms with Crippen LogP contribution in [0.5, 0.6) is 5.75 Å². The average Bonchev–Trinajstić information content (AvgIpc) is 2.72. The Kier molecular flexibility index (Phi) is 2.97. The number of rotatable bonds is 3. The number of methoxy groups -OCH3 is 1. The zero-order valence-electron chi connectivity index (χ0n) is 11.6. The minimum Gasteiger partial charge on any atom is -0.494 e. The molecule has 1 fully saturated rings. The van der Waals surface area contributed by atoms with Crippen molar-refractivity contribution in [2.45, 2.75) is 24.9 Å². The van der Waals surface area contributed by atoms with Crippen LogP contribution in [0.4, 0.5) is 4.39 Å². The number of hydrogen-bond acceptors (Lipinski definition) is 2. The number of benzene rings is 1. The standard InChI is InChI=1S/C15H19FN2O/c1-17(2)12-4-5-13(12)18-9-8-10-11(18)6-7-14(19-3)15(10)16/h6-9,12-13H,4-5H2,1-3H3. The van der Waals surface area contributed by atoms with Crippen molar-refractivity contribution in [1.29, 1.82) is 0 Å². The smallest absolute Gasteiger partial charge is 0.174 e. The number of nitrogens with zero attached hydrogens (tertiary/aromatic N) is 2. The highest BCUT2D eigenvalue weighted by Gasteiger charge is 2.34. The highest BCUT2D eigenvalue weighted by molar-refractivity contribution is 5.82. The summed E-state index contributed by atoms with van der Waals surface area (Å²) in [6.07, 6.45) is 4.35. The summed E-state index contributed by atoms with van der Waals surface area (Å²) < 4.78 is 21.4. The van der Waals surface area contributed by atoms with Crippen LogP contribution in [0.1, 0.15) is 18.9 Å². The largest absolute Gasteiger partial charge is 0.494 e. The van der Waals surface area contributed by atoms with Gasteiger partial charge in [-0.2, -0.15) is 0 Å². The van der Waals surface area contributed by atoms with E-state index >= 15 is 0 Å². The van der Waals surface area contributed by atoms with Gasteiger partial charge in [0.2, 0.25) is 0 Å². The van der Waals surface area contributed by atoms with E-state index in [1.807, 2.05) is 18.3 Å². The molecule has 0 spiro atoms. The lowest BCUT2D eigenvalue weighted by molar-refractivity contribution is 0.116. The maximum absolute atomic E-state index is 14.2. The third-order valence-corrected chi connectivity index (χ3v) is 4.24. The molecule has 3 nitrogen and oxygen atoms in total. The van der Waals surface area contributed by atoms with Crippen LogP contribution in [0.3, 0.4) is 0 Å². The molecular weight excluding hydrogens is 243 g/mol. The van der Waals surface area contributed by atoms with E-state index in [4.69, 9.17) is 4.74 Å². The van der Waals surface area contributed by atoms with E-state index < -0.39 is 0 Å². The van der Waals surface area contributed by atoms with Gasteiger partial charge in [0, 0.05) is 23.7 Å². The van der Waals surface area contributed by atoms with Gasteiger partial charge in [0.05, 0.1) is 12.6 Å². The summed E-state index contributed by atoms with van der Waals surface area (Å²) in [6, 6.07) is 6.49. The summed E-state index contributed by atoms with van der Waals surface area (Å²) in [4.78, 5) is 2.25. The lowest BCUT2D eigenvalue weighted by Gasteiger charge is -2.42. The first-order valence-electron chi connectivity index (χ1n) is 6.63. The third kappa shape index (κ3) is 1.82. The number of ether oxygens (including phenoxy) is 1. The lowest BCUT2D eigenvalue weighted by Crippen LogP contribution is -2.43. The van der Waals surface area contributed by atoms with Gasteiger partial charge in [0.25, 0.3) is 0 Å². The van der Waals surface area contributed by atoms with Crippen molar-refractivity contribution < 1.29 is 9.13 Å². The zero-order valence-corrected chi connectivity index (χ0v) is 11.6. The molecule has 1 heterocycles. The van der Waals surface area contributed by atoms with Gasteiger partial charge >= 0.3 is 0 Å². The molecule has 0 bridgehead atoms. The number of halogens is 1. The van der Waals surface area contributed by atoms with Crippen LogP contribution in [-0.2, 0) is 0 Å². The molecule has 1 aliphatic rings. The minimum absolute atomic E-state index is 0.264. The van der Waals surface area contributed by atoms with Crippen LogP contribution >= 0.6 is 0 Å². The molecule has 1 saturated carbocycles. The third-order valence-electron chi connectivity index (χ3n) is 4.24. The number of aromatic nitrogens is 1. The Labute approximate surface area is 112 Å². The molecular formula is C15H19FN2O. The molecule has 0 amide bonds. The summed E-state index contributed by atoms with van der Waals surface area (Å²) in [6.45, 7) is 0. The maximum atomic E-state index is 14.2. The molecule has 0 aliphatic heterocycles. The number of fused-ring (bicyclic) bond motifs is 1. The summed E-state index contributed by atoms with van der Waals surface area (Å²) in [5.74, 6) is 0.0440. The Morgan fingerprint density at radius 2 is 2.05 bits per heavy atom. The van der Waals surface area contributed by atoms with E-state index in [0.717, 1.165) is 11.9 Å². The SMILES string of the molecule is COc1ccc2c(ccn2C2CCC2N(C)C)c1F. The van der Waals surface area contributed by atoms with Gasteiger partial charge in [-0.3, -0.25) is 0 Å². The topological polar surface area (TPSA) is 17.4 Å². The highest BCUT2D eigenvalue weighted by atomic mass is 19.1. The van der Waals surface area contributed by atoms with Gasteiger partial charge in [-0.15, -0.1) is 0 Å². The predicted molar refractivity (Wildman–Crippen MR) is 74.2 cm³/mol. The minimum atomic E-state index is -0.264. The molecule has 1 aromatic heterocycles. The van der Waals surface area contributed by atoms with E-state index in [2.05, 4.69) is 23.6 Å². The Hall–Kier alpha value is -1.55. The second kappa shape index (κ2) is 4.53. The quantitative estimate of drug-likeness (QED) is 0.846. The van der Waals surface area contributed by atoms with Crippen molar-refractivity contribution in [3.63, 3.8) is 0 Å². The Bertz CT molecular complexity index is 605. The molecule has 0 radical (unpaired) electrons. The normalized spacial score (nSPS) is 22.8. The Morgan fingerprint density at radius 1 is 1.26 bits per heavy atom. The fourth-order valence-electron chi connectivity index (χ4n) is 3.02. The Balaban J connectivity index is 2.04. The summed E-state index contributed by atoms with van der Waals surface area (Å²) in [5.41, 5.74) is 0.954. The fraction of sp³-hybridized carbons (Fsp3) is 0.467. The second-order valence-corrected chi connectivity index (χ2v) is 5.41. The van der Waals surface area contributed by atoms with Crippen molar-refractivity contribution in [3.8, 4) is 5.75 Å². The van der Waals surface area contributed by atoms with E-state index in [0.29, 0.717) is 23.2 Å². The lowest BCUT2D eigenvalue weighted by atomic mass is 9.85. The van der Waals surface area contributed by atoms with Crippen molar-refractivity contribution in [2.24, 2.45) is 0 Å². The van der Waals surface area contributed by atoms with Gasteiger partial charge in [0.1, 0.15) is 0 Å². The summed E-state index contributed by atoms with van der Waals surface area (Å²) in [7, 11) is 5.70. The molecule has 2 unspecified atom stereocenters. The van der Waals surface area contributed by atoms with Crippen LogP contribution in [0.2, 0.25) is 0 Å². The van der Waals surface area contributed by atoms with E-state index in [-0.39, 0.29) is 5.82 Å². The van der Waals surface area contributed by atoms with Crippen LogP contribution in [0.25, 0.3) is 10.9 Å². The van der Waals surface area contributed by atoms with E-state index in [9.17, 15) is 4.39 Å². The van der Waals surface area contributed by atoms with Crippen LogP contribution < -0.4 is 4.74 Å². The van der Waals surface area contributed by atoms with Gasteiger partial charge in [-0.25, -0.2) is 4.39 Å². The Morgan fingerprint density at radius 3 is 2.63 bits per heavy atom. The van der Waals surface area contributed by atoms with Crippen LogP contribution in [0, 0.1) is 5.82 Å². The van der Waals surface area contributed by atoms with Crippen molar-refractivity contribution in [1.82, 2.24) is 9.47 Å². The molecule has 1 aliphatic carbocycles.